The molecule has 0 saturated carbocycles. The van der Waals surface area contributed by atoms with Gasteiger partial charge in [-0.25, -0.2) is 4.98 Å². The van der Waals surface area contributed by atoms with Gasteiger partial charge in [-0.05, 0) is 38.3 Å². The number of hydrogen-bond acceptors (Lipinski definition) is 4. The molecule has 0 bridgehead atoms. The molecule has 1 aromatic carbocycles. The van der Waals surface area contributed by atoms with Crippen LogP contribution in [0.2, 0.25) is 0 Å². The standard InChI is InChI=1S/C17H25N5/c1-13-6-4-5-7-16(13)22-10-8-15(9-11-22)20-14(2)17-18-12-19-21(17)3/h4-7,12,14-15,20H,8-11H2,1-3H3/t14-/m1/s1. The van der Waals surface area contributed by atoms with Crippen LogP contribution in [0.3, 0.4) is 0 Å². The third-order valence-corrected chi connectivity index (χ3v) is 4.57. The molecule has 3 rings (SSSR count). The highest BCUT2D eigenvalue weighted by molar-refractivity contribution is 5.53. The minimum absolute atomic E-state index is 0.238. The fourth-order valence-corrected chi connectivity index (χ4v) is 3.33. The van der Waals surface area contributed by atoms with Gasteiger partial charge in [-0.15, -0.1) is 0 Å². The summed E-state index contributed by atoms with van der Waals surface area (Å²) in [6.45, 7) is 6.57. The van der Waals surface area contributed by atoms with E-state index in [2.05, 4.69) is 58.4 Å². The predicted molar refractivity (Wildman–Crippen MR) is 89.0 cm³/mol. The molecule has 1 fully saturated rings. The summed E-state index contributed by atoms with van der Waals surface area (Å²) in [4.78, 5) is 6.83. The second-order valence-corrected chi connectivity index (χ2v) is 6.18. The number of aromatic nitrogens is 3. The van der Waals surface area contributed by atoms with E-state index in [1.54, 1.807) is 6.33 Å². The van der Waals surface area contributed by atoms with Crippen molar-refractivity contribution in [2.45, 2.75) is 38.8 Å². The molecule has 2 heterocycles. The lowest BCUT2D eigenvalue weighted by Gasteiger charge is -2.35. The number of aryl methyl sites for hydroxylation is 2. The molecule has 22 heavy (non-hydrogen) atoms. The summed E-state index contributed by atoms with van der Waals surface area (Å²) in [5, 5.41) is 7.85. The zero-order chi connectivity index (χ0) is 15.5. The molecule has 0 aliphatic carbocycles. The SMILES string of the molecule is Cc1ccccc1N1CCC(N[C@H](C)c2ncnn2C)CC1. The van der Waals surface area contributed by atoms with Crippen LogP contribution in [0, 0.1) is 6.92 Å². The van der Waals surface area contributed by atoms with Gasteiger partial charge in [0.1, 0.15) is 12.2 Å². The summed E-state index contributed by atoms with van der Waals surface area (Å²) in [6.07, 6.45) is 3.95. The molecule has 1 N–H and O–H groups in total. The Kier molecular flexibility index (Phi) is 4.43. The van der Waals surface area contributed by atoms with Crippen molar-refractivity contribution >= 4 is 5.69 Å². The van der Waals surface area contributed by atoms with Crippen LogP contribution >= 0.6 is 0 Å². The summed E-state index contributed by atoms with van der Waals surface area (Å²) in [7, 11) is 1.95. The zero-order valence-corrected chi connectivity index (χ0v) is 13.7. The van der Waals surface area contributed by atoms with Crippen LogP contribution in [0.4, 0.5) is 5.69 Å². The second kappa shape index (κ2) is 6.48. The third-order valence-electron chi connectivity index (χ3n) is 4.57. The third kappa shape index (κ3) is 3.14. The maximum Gasteiger partial charge on any atom is 0.143 e. The van der Waals surface area contributed by atoms with Crippen LogP contribution in [-0.4, -0.2) is 33.9 Å². The van der Waals surface area contributed by atoms with Crippen LogP contribution in [0.5, 0.6) is 0 Å². The van der Waals surface area contributed by atoms with Crippen molar-refractivity contribution in [3.63, 3.8) is 0 Å². The molecule has 118 valence electrons. The van der Waals surface area contributed by atoms with Crippen molar-refractivity contribution in [1.29, 1.82) is 0 Å². The summed E-state index contributed by atoms with van der Waals surface area (Å²) in [5.41, 5.74) is 2.74. The molecule has 0 spiro atoms. The van der Waals surface area contributed by atoms with E-state index in [4.69, 9.17) is 0 Å². The molecule has 5 nitrogen and oxygen atoms in total. The van der Waals surface area contributed by atoms with Crippen molar-refractivity contribution in [2.75, 3.05) is 18.0 Å². The number of hydrogen-bond donors (Lipinski definition) is 1. The highest BCUT2D eigenvalue weighted by Crippen LogP contribution is 2.24. The van der Waals surface area contributed by atoms with E-state index < -0.39 is 0 Å². The van der Waals surface area contributed by atoms with Crippen molar-refractivity contribution in [1.82, 2.24) is 20.1 Å². The number of rotatable bonds is 4. The van der Waals surface area contributed by atoms with Crippen LogP contribution in [0.1, 0.15) is 37.2 Å². The molecule has 1 aliphatic heterocycles. The van der Waals surface area contributed by atoms with E-state index in [0.717, 1.165) is 31.8 Å². The van der Waals surface area contributed by atoms with Crippen molar-refractivity contribution < 1.29 is 0 Å². The van der Waals surface area contributed by atoms with Gasteiger partial charge in [0.15, 0.2) is 0 Å². The van der Waals surface area contributed by atoms with Gasteiger partial charge in [0.25, 0.3) is 0 Å². The van der Waals surface area contributed by atoms with E-state index in [1.165, 1.54) is 11.3 Å². The molecule has 2 aromatic rings. The normalized spacial score (nSPS) is 17.7. The Bertz CT molecular complexity index is 613. The zero-order valence-electron chi connectivity index (χ0n) is 13.7. The van der Waals surface area contributed by atoms with E-state index in [1.807, 2.05) is 11.7 Å². The minimum atomic E-state index is 0.238. The van der Waals surface area contributed by atoms with Gasteiger partial charge >= 0.3 is 0 Å². The average molecular weight is 299 g/mol. The Morgan fingerprint density at radius 2 is 1.95 bits per heavy atom. The number of para-hydroxylation sites is 1. The lowest BCUT2D eigenvalue weighted by molar-refractivity contribution is 0.368. The molecule has 1 atom stereocenters. The Morgan fingerprint density at radius 3 is 2.59 bits per heavy atom. The molecule has 1 saturated heterocycles. The van der Waals surface area contributed by atoms with E-state index in [9.17, 15) is 0 Å². The molecule has 5 heteroatoms. The number of benzene rings is 1. The molecular weight excluding hydrogens is 274 g/mol. The van der Waals surface area contributed by atoms with Gasteiger partial charge < -0.3 is 10.2 Å². The number of nitrogens with one attached hydrogen (secondary N) is 1. The van der Waals surface area contributed by atoms with Gasteiger partial charge in [0.05, 0.1) is 6.04 Å². The molecule has 1 aliphatic rings. The lowest BCUT2D eigenvalue weighted by Crippen LogP contribution is -2.43. The van der Waals surface area contributed by atoms with E-state index >= 15 is 0 Å². The first-order chi connectivity index (χ1) is 10.6. The summed E-state index contributed by atoms with van der Waals surface area (Å²) in [5.74, 6) is 1.00. The van der Waals surface area contributed by atoms with Crippen LogP contribution in [0.25, 0.3) is 0 Å². The smallest absolute Gasteiger partial charge is 0.143 e. The first-order valence-electron chi connectivity index (χ1n) is 8.05. The van der Waals surface area contributed by atoms with Gasteiger partial charge in [0.2, 0.25) is 0 Å². The summed E-state index contributed by atoms with van der Waals surface area (Å²) < 4.78 is 1.85. The second-order valence-electron chi connectivity index (χ2n) is 6.18. The first kappa shape index (κ1) is 15.0. The van der Waals surface area contributed by atoms with Crippen LogP contribution in [-0.2, 0) is 7.05 Å². The van der Waals surface area contributed by atoms with Crippen LogP contribution < -0.4 is 10.2 Å². The molecule has 0 unspecified atom stereocenters. The fourth-order valence-electron chi connectivity index (χ4n) is 3.33. The minimum Gasteiger partial charge on any atom is -0.371 e. The molecule has 1 aromatic heterocycles. The first-order valence-corrected chi connectivity index (χ1v) is 8.05. The maximum absolute atomic E-state index is 4.33. The molecule has 0 amide bonds. The predicted octanol–water partition coefficient (Wildman–Crippen LogP) is 2.44. The Hall–Kier alpha value is -1.88. The van der Waals surface area contributed by atoms with Gasteiger partial charge in [0, 0.05) is 31.9 Å². The Morgan fingerprint density at radius 1 is 1.23 bits per heavy atom. The Balaban J connectivity index is 1.56. The number of piperidine rings is 1. The van der Waals surface area contributed by atoms with Gasteiger partial charge in [-0.3, -0.25) is 4.68 Å². The highest BCUT2D eigenvalue weighted by Gasteiger charge is 2.22. The van der Waals surface area contributed by atoms with Crippen molar-refractivity contribution in [3.05, 3.63) is 42.0 Å². The maximum atomic E-state index is 4.33. The Labute approximate surface area is 132 Å². The molecular formula is C17H25N5. The number of anilines is 1. The summed E-state index contributed by atoms with van der Waals surface area (Å²) in [6, 6.07) is 9.44. The molecule has 0 radical (unpaired) electrons. The van der Waals surface area contributed by atoms with Crippen molar-refractivity contribution in [2.24, 2.45) is 7.05 Å². The van der Waals surface area contributed by atoms with E-state index in [-0.39, 0.29) is 6.04 Å². The van der Waals surface area contributed by atoms with Gasteiger partial charge in [-0.2, -0.15) is 5.10 Å². The fraction of sp³-hybridized carbons (Fsp3) is 0.529. The lowest BCUT2D eigenvalue weighted by atomic mass is 10.0. The van der Waals surface area contributed by atoms with Gasteiger partial charge in [-0.1, -0.05) is 18.2 Å². The van der Waals surface area contributed by atoms with Crippen molar-refractivity contribution in [3.8, 4) is 0 Å². The van der Waals surface area contributed by atoms with Crippen LogP contribution in [0.15, 0.2) is 30.6 Å². The topological polar surface area (TPSA) is 46.0 Å². The summed E-state index contributed by atoms with van der Waals surface area (Å²) >= 11 is 0. The van der Waals surface area contributed by atoms with E-state index in [0.29, 0.717) is 6.04 Å². The largest absolute Gasteiger partial charge is 0.371 e. The number of nitrogens with zero attached hydrogens (tertiary/aromatic N) is 4. The average Bonchev–Trinajstić information content (AvgIpc) is 2.95. The quantitative estimate of drug-likeness (QED) is 0.942. The highest BCUT2D eigenvalue weighted by atomic mass is 15.3. The monoisotopic (exact) mass is 299 g/mol.